The number of β-lactam (4-membered cyclic amide) rings is 1. The number of Topliss-reactive ketones (excluding diaryl/α,β-unsaturated/α-hetero) is 1. The minimum Gasteiger partial charge on any atom is -0.497 e. The second kappa shape index (κ2) is 22.0. The van der Waals surface area contributed by atoms with E-state index in [0.29, 0.717) is 5.75 Å². The number of carbonyl (C=O) groups excluding carboxylic acids is 3. The number of amides is 1. The molecule has 1 saturated heterocycles. The van der Waals surface area contributed by atoms with Crippen molar-refractivity contribution in [2.45, 2.75) is 77.1 Å². The van der Waals surface area contributed by atoms with Crippen molar-refractivity contribution >= 4 is 54.2 Å². The average Bonchev–Trinajstić information content (AvgIpc) is 3.40. The monoisotopic (exact) mass is 995 g/mol. The summed E-state index contributed by atoms with van der Waals surface area (Å²) in [4.78, 5) is 49.0. The maximum atomic E-state index is 15.9. The molecule has 370 valence electrons. The summed E-state index contributed by atoms with van der Waals surface area (Å²) in [6.45, 7) is 10.9. The first kappa shape index (κ1) is 51.7. The van der Waals surface area contributed by atoms with Crippen LogP contribution in [0.4, 0.5) is 0 Å². The smallest absolute Gasteiger partial charge is 0.356 e. The van der Waals surface area contributed by atoms with Crippen LogP contribution in [0, 0.1) is 11.8 Å². The zero-order valence-corrected chi connectivity index (χ0v) is 44.5. The number of rotatable bonds is 19. The summed E-state index contributed by atoms with van der Waals surface area (Å²) < 4.78 is 26.2. The lowest BCUT2D eigenvalue weighted by molar-refractivity contribution is -0.162. The van der Waals surface area contributed by atoms with Crippen LogP contribution < -0.4 is 20.7 Å². The topological polar surface area (TPSA) is 91.4 Å². The van der Waals surface area contributed by atoms with Crippen molar-refractivity contribution in [1.82, 2.24) is 4.90 Å². The Kier molecular flexibility index (Phi) is 15.8. The van der Waals surface area contributed by atoms with Crippen LogP contribution in [0.5, 0.6) is 5.75 Å². The summed E-state index contributed by atoms with van der Waals surface area (Å²) in [5.41, 5.74) is 2.33. The number of hydrogen-bond acceptors (Lipinski definition) is 7. The molecular formula is C62H66NO7PSi. The molecule has 1 aliphatic rings. The van der Waals surface area contributed by atoms with E-state index in [1.54, 1.807) is 12.0 Å². The molecule has 0 unspecified atom stereocenters. The van der Waals surface area contributed by atoms with E-state index >= 15 is 14.4 Å². The number of ether oxygens (including phenoxy) is 3. The number of esters is 1. The van der Waals surface area contributed by atoms with Crippen LogP contribution >= 0.6 is 6.89 Å². The molecule has 0 aliphatic carbocycles. The van der Waals surface area contributed by atoms with Gasteiger partial charge in [-0.3, -0.25) is 9.59 Å². The van der Waals surface area contributed by atoms with E-state index in [1.165, 1.54) is 0 Å². The normalized spacial score (nSPS) is 16.0. The van der Waals surface area contributed by atoms with Gasteiger partial charge in [0, 0.05) is 12.8 Å². The number of carbonyl (C=O) groups is 3. The second-order valence-electron chi connectivity index (χ2n) is 20.1. The van der Waals surface area contributed by atoms with Gasteiger partial charge in [0.1, 0.15) is 30.0 Å². The molecular weight excluding hydrogens is 930 g/mol. The lowest BCUT2D eigenvalue weighted by Crippen LogP contribution is -2.71. The molecule has 1 heterocycles. The highest BCUT2D eigenvalue weighted by atomic mass is 31.2. The molecule has 0 aromatic heterocycles. The third-order valence-corrected chi connectivity index (χ3v) is 23.5. The van der Waals surface area contributed by atoms with Crippen LogP contribution in [0.3, 0.4) is 0 Å². The molecule has 1 amide bonds. The first-order chi connectivity index (χ1) is 34.6. The third-order valence-electron chi connectivity index (χ3n) is 14.7. The number of methoxy groups -OCH3 is 1. The first-order valence-electron chi connectivity index (χ1n) is 24.7. The van der Waals surface area contributed by atoms with Crippen LogP contribution in [0.2, 0.25) is 18.1 Å². The molecule has 0 spiro atoms. The Morgan fingerprint density at radius 1 is 0.611 bits per heavy atom. The SMILES string of the molecule is COc1ccc(COC(=O)C(N2C(=O)[C@H]([C@@H](C)O[Si](C)(C)C(C)(C)C)[C@H]2[C@@H](C)C(=O)COC(c2ccccc2)(c2ccccc2)c2ccccc2)=P(c2ccccc2)(c2ccccc2)c2ccccc2)cc1. The van der Waals surface area contributed by atoms with Gasteiger partial charge in [0.25, 0.3) is 0 Å². The Bertz CT molecular complexity index is 2780. The molecule has 4 atom stereocenters. The Labute approximate surface area is 427 Å². The van der Waals surface area contributed by atoms with Gasteiger partial charge >= 0.3 is 5.97 Å². The van der Waals surface area contributed by atoms with Gasteiger partial charge < -0.3 is 23.5 Å². The molecule has 1 aliphatic heterocycles. The molecule has 7 aromatic rings. The summed E-state index contributed by atoms with van der Waals surface area (Å²) in [5.74, 6) is -2.17. The Morgan fingerprint density at radius 3 is 1.40 bits per heavy atom. The molecule has 8 rings (SSSR count). The molecule has 7 aromatic carbocycles. The van der Waals surface area contributed by atoms with Crippen molar-refractivity contribution in [3.63, 3.8) is 0 Å². The largest absolute Gasteiger partial charge is 0.497 e. The summed E-state index contributed by atoms with van der Waals surface area (Å²) in [6.07, 6.45) is -0.609. The number of likely N-dealkylation sites (tertiary alicyclic amines) is 1. The fourth-order valence-corrected chi connectivity index (χ4v) is 15.7. The Balaban J connectivity index is 1.34. The summed E-state index contributed by atoms with van der Waals surface area (Å²) in [6, 6.07) is 66.2. The number of benzene rings is 7. The van der Waals surface area contributed by atoms with E-state index in [2.05, 4.69) is 33.9 Å². The van der Waals surface area contributed by atoms with Gasteiger partial charge in [-0.25, -0.2) is 4.79 Å². The van der Waals surface area contributed by atoms with Gasteiger partial charge in [-0.15, -0.1) is 0 Å². The van der Waals surface area contributed by atoms with Gasteiger partial charge in [0.2, 0.25) is 5.91 Å². The van der Waals surface area contributed by atoms with Crippen LogP contribution in [0.25, 0.3) is 0 Å². The lowest BCUT2D eigenvalue weighted by atomic mass is 9.75. The zero-order chi connectivity index (χ0) is 51.1. The zero-order valence-electron chi connectivity index (χ0n) is 42.6. The van der Waals surface area contributed by atoms with Gasteiger partial charge in [0.05, 0.1) is 25.2 Å². The molecule has 0 N–H and O–H groups in total. The number of nitrogens with zero attached hydrogens (tertiary/aromatic N) is 1. The highest BCUT2D eigenvalue weighted by Crippen LogP contribution is 2.52. The van der Waals surface area contributed by atoms with Crippen LogP contribution in [-0.4, -0.2) is 62.2 Å². The minimum atomic E-state index is -3.35. The molecule has 0 saturated carbocycles. The predicted molar refractivity (Wildman–Crippen MR) is 294 cm³/mol. The van der Waals surface area contributed by atoms with E-state index in [-0.39, 0.29) is 35.4 Å². The lowest BCUT2D eigenvalue weighted by Gasteiger charge is -2.54. The second-order valence-corrected chi connectivity index (χ2v) is 28.1. The van der Waals surface area contributed by atoms with Crippen molar-refractivity contribution in [3.05, 3.63) is 229 Å². The van der Waals surface area contributed by atoms with Gasteiger partial charge in [-0.1, -0.05) is 222 Å². The number of hydrogen-bond donors (Lipinski definition) is 0. The molecule has 72 heavy (non-hydrogen) atoms. The van der Waals surface area contributed by atoms with E-state index in [1.807, 2.05) is 220 Å². The van der Waals surface area contributed by atoms with Crippen molar-refractivity contribution in [2.75, 3.05) is 13.7 Å². The van der Waals surface area contributed by atoms with E-state index in [9.17, 15) is 0 Å². The quantitative estimate of drug-likeness (QED) is 0.0262. The van der Waals surface area contributed by atoms with Gasteiger partial charge in [0.15, 0.2) is 14.1 Å². The molecule has 1 fully saturated rings. The Morgan fingerprint density at radius 2 is 1.01 bits per heavy atom. The maximum Gasteiger partial charge on any atom is 0.356 e. The Hall–Kier alpha value is -6.61. The minimum absolute atomic E-state index is 0.0748. The van der Waals surface area contributed by atoms with Crippen molar-refractivity contribution in [2.24, 2.45) is 11.8 Å². The molecule has 8 nitrogen and oxygen atoms in total. The standard InChI is InChI=1S/C62H66NO7PSi/c1-45(55(64)44-69-62(48-27-15-9-16-28-48,49-29-17-10-18-30-49)50-31-19-11-20-32-50)57-56(46(2)70-72(7,8)61(3,4)5)58(65)63(57)59(60(66)68-43-47-39-41-51(67-6)42-40-47)71(52-33-21-12-22-34-52,53-35-23-13-24-36-53)54-37-25-14-26-38-54/h9-42,45-46,56-57H,43-44H2,1-8H3/t45-,46+,56+,57+/m0/s1. The van der Waals surface area contributed by atoms with E-state index < -0.39 is 50.8 Å². The van der Waals surface area contributed by atoms with E-state index in [4.69, 9.17) is 18.6 Å². The van der Waals surface area contributed by atoms with Crippen LogP contribution in [-0.2, 0) is 40.5 Å². The fourth-order valence-electron chi connectivity index (χ4n) is 9.88. The first-order valence-corrected chi connectivity index (χ1v) is 29.4. The molecule has 0 bridgehead atoms. The molecule has 10 heteroatoms. The van der Waals surface area contributed by atoms with Crippen molar-refractivity contribution in [3.8, 4) is 5.75 Å². The van der Waals surface area contributed by atoms with E-state index in [0.717, 1.165) is 38.2 Å². The van der Waals surface area contributed by atoms with Gasteiger partial charge in [-0.2, -0.15) is 0 Å². The maximum absolute atomic E-state index is 15.9. The average molecular weight is 996 g/mol. The molecule has 0 radical (unpaired) electrons. The predicted octanol–water partition coefficient (Wildman–Crippen LogP) is 11.3. The fraction of sp³-hybridized carbons (Fsp3) is 0.258. The number of ketones is 1. The van der Waals surface area contributed by atoms with Crippen LogP contribution in [0.1, 0.15) is 56.9 Å². The van der Waals surface area contributed by atoms with Gasteiger partial charge in [-0.05, 0) is 75.4 Å². The third kappa shape index (κ3) is 10.1. The summed E-state index contributed by atoms with van der Waals surface area (Å²) in [5, 5.41) is 2.37. The summed E-state index contributed by atoms with van der Waals surface area (Å²) >= 11 is 0. The van der Waals surface area contributed by atoms with Crippen molar-refractivity contribution in [1.29, 1.82) is 0 Å². The van der Waals surface area contributed by atoms with Crippen LogP contribution in [0.15, 0.2) is 206 Å². The summed E-state index contributed by atoms with van der Waals surface area (Å²) in [7, 11) is -0.887. The highest BCUT2D eigenvalue weighted by molar-refractivity contribution is 7.96. The highest BCUT2D eigenvalue weighted by Gasteiger charge is 2.59. The van der Waals surface area contributed by atoms with Crippen molar-refractivity contribution < 1.29 is 33.0 Å².